The number of anilines is 2. The minimum atomic E-state index is -0.640. The van der Waals surface area contributed by atoms with Gasteiger partial charge in [0.05, 0.1) is 11.1 Å². The van der Waals surface area contributed by atoms with Gasteiger partial charge in [-0.25, -0.2) is 24.8 Å². The predicted octanol–water partition coefficient (Wildman–Crippen LogP) is 3.81. The van der Waals surface area contributed by atoms with E-state index in [2.05, 4.69) is 19.9 Å². The van der Waals surface area contributed by atoms with Crippen molar-refractivity contribution < 1.29 is 4.79 Å². The molecule has 0 saturated heterocycles. The summed E-state index contributed by atoms with van der Waals surface area (Å²) >= 11 is 0. The number of hydrogen-bond donors (Lipinski definition) is 0. The molecule has 0 saturated carbocycles. The Hall–Kier alpha value is -3.15. The van der Waals surface area contributed by atoms with E-state index in [9.17, 15) is 4.79 Å². The lowest BCUT2D eigenvalue weighted by atomic mass is 9.85. The Bertz CT molecular complexity index is 1040. The summed E-state index contributed by atoms with van der Waals surface area (Å²) in [5.41, 5.74) is 4.66. The Morgan fingerprint density at radius 3 is 2.15 bits per heavy atom. The molecule has 6 heteroatoms. The molecule has 0 unspecified atom stereocenters. The number of aromatic nitrogens is 4. The summed E-state index contributed by atoms with van der Waals surface area (Å²) in [6, 6.07) is 7.91. The maximum atomic E-state index is 13.2. The molecule has 0 aliphatic carbocycles. The summed E-state index contributed by atoms with van der Waals surface area (Å²) in [5, 5.41) is 0. The lowest BCUT2D eigenvalue weighted by Gasteiger charge is -2.19. The molecule has 4 rings (SSSR count). The van der Waals surface area contributed by atoms with Crippen molar-refractivity contribution in [3.8, 4) is 11.1 Å². The van der Waals surface area contributed by atoms with E-state index in [4.69, 9.17) is 0 Å². The highest BCUT2D eigenvalue weighted by atomic mass is 16.2. The Kier molecular flexibility index (Phi) is 3.80. The molecule has 0 radical (unpaired) electrons. The zero-order valence-corrected chi connectivity index (χ0v) is 16.1. The van der Waals surface area contributed by atoms with Crippen LogP contribution in [-0.4, -0.2) is 25.8 Å². The number of amides is 1. The van der Waals surface area contributed by atoms with E-state index in [1.165, 1.54) is 0 Å². The van der Waals surface area contributed by atoms with Crippen molar-refractivity contribution in [2.45, 2.75) is 40.0 Å². The van der Waals surface area contributed by atoms with E-state index in [0.717, 1.165) is 39.6 Å². The normalized spacial score (nSPS) is 15.1. The van der Waals surface area contributed by atoms with Gasteiger partial charge in [-0.2, -0.15) is 0 Å². The lowest BCUT2D eigenvalue weighted by molar-refractivity contribution is -0.121. The molecule has 3 aromatic rings. The Balaban J connectivity index is 1.90. The van der Waals surface area contributed by atoms with Crippen molar-refractivity contribution in [3.05, 3.63) is 59.4 Å². The quantitative estimate of drug-likeness (QED) is 0.696. The molecule has 1 aliphatic heterocycles. The summed E-state index contributed by atoms with van der Waals surface area (Å²) < 4.78 is 0. The van der Waals surface area contributed by atoms with Crippen molar-refractivity contribution in [3.63, 3.8) is 0 Å². The summed E-state index contributed by atoms with van der Waals surface area (Å²) in [4.78, 5) is 32.4. The minimum absolute atomic E-state index is 0.0280. The van der Waals surface area contributed by atoms with Gasteiger partial charge in [-0.1, -0.05) is 12.1 Å². The second-order valence-corrected chi connectivity index (χ2v) is 7.47. The highest BCUT2D eigenvalue weighted by Gasteiger charge is 2.45. The molecule has 1 aromatic carbocycles. The van der Waals surface area contributed by atoms with E-state index >= 15 is 0 Å². The van der Waals surface area contributed by atoms with Gasteiger partial charge in [0, 0.05) is 29.3 Å². The molecule has 3 heterocycles. The highest BCUT2D eigenvalue weighted by Crippen LogP contribution is 2.45. The monoisotopic (exact) mass is 359 g/mol. The van der Waals surface area contributed by atoms with Crippen LogP contribution < -0.4 is 4.90 Å². The fourth-order valence-corrected chi connectivity index (χ4v) is 3.48. The first-order valence-electron chi connectivity index (χ1n) is 8.88. The predicted molar refractivity (Wildman–Crippen MR) is 104 cm³/mol. The van der Waals surface area contributed by atoms with Crippen LogP contribution in [-0.2, 0) is 10.2 Å². The molecule has 27 heavy (non-hydrogen) atoms. The van der Waals surface area contributed by atoms with Crippen molar-refractivity contribution in [1.82, 2.24) is 19.9 Å². The molecule has 0 bridgehead atoms. The van der Waals surface area contributed by atoms with Gasteiger partial charge in [0.25, 0.3) is 0 Å². The Morgan fingerprint density at radius 1 is 0.889 bits per heavy atom. The van der Waals surface area contributed by atoms with E-state index in [-0.39, 0.29) is 5.91 Å². The molecule has 2 aromatic heterocycles. The van der Waals surface area contributed by atoms with Crippen LogP contribution in [0.3, 0.4) is 0 Å². The van der Waals surface area contributed by atoms with Gasteiger partial charge in [0.1, 0.15) is 5.82 Å². The smallest absolute Gasteiger partial charge is 0.244 e. The molecule has 1 amide bonds. The van der Waals surface area contributed by atoms with E-state index in [0.29, 0.717) is 5.95 Å². The molecule has 1 aliphatic rings. The maximum Gasteiger partial charge on any atom is 0.244 e. The van der Waals surface area contributed by atoms with Gasteiger partial charge in [-0.3, -0.25) is 4.79 Å². The SMILES string of the molecule is Cc1cc(C)nc(N2C(=O)C(C)(C)c3ccc(-c4cnc(C)nc4)cc32)n1. The van der Waals surface area contributed by atoms with Gasteiger partial charge in [0.15, 0.2) is 0 Å². The molecule has 0 N–H and O–H groups in total. The van der Waals surface area contributed by atoms with Crippen LogP contribution in [0.4, 0.5) is 11.6 Å². The summed E-state index contributed by atoms with van der Waals surface area (Å²) in [7, 11) is 0. The zero-order valence-electron chi connectivity index (χ0n) is 16.1. The fourth-order valence-electron chi connectivity index (χ4n) is 3.48. The number of hydrogen-bond acceptors (Lipinski definition) is 5. The topological polar surface area (TPSA) is 71.9 Å². The third-order valence-electron chi connectivity index (χ3n) is 4.93. The average Bonchev–Trinajstić information content (AvgIpc) is 2.81. The molecular weight excluding hydrogens is 338 g/mol. The first-order chi connectivity index (χ1) is 12.8. The van der Waals surface area contributed by atoms with Crippen molar-refractivity contribution in [2.24, 2.45) is 0 Å². The number of nitrogens with zero attached hydrogens (tertiary/aromatic N) is 5. The van der Waals surface area contributed by atoms with Crippen LogP contribution in [0, 0.1) is 20.8 Å². The molecule has 0 spiro atoms. The first kappa shape index (κ1) is 17.3. The number of rotatable bonds is 2. The standard InChI is InChI=1S/C21H21N5O/c1-12-8-13(2)25-20(24-12)26-18-9-15(16-10-22-14(3)23-11-16)6-7-17(18)21(4,5)19(26)27/h6-11H,1-5H3. The minimum Gasteiger partial charge on any atom is -0.273 e. The summed E-state index contributed by atoms with van der Waals surface area (Å²) in [6.45, 7) is 9.54. The van der Waals surface area contributed by atoms with Crippen molar-refractivity contribution in [2.75, 3.05) is 4.90 Å². The van der Waals surface area contributed by atoms with Crippen LogP contribution >= 0.6 is 0 Å². The second kappa shape index (κ2) is 5.94. The van der Waals surface area contributed by atoms with Gasteiger partial charge in [0.2, 0.25) is 11.9 Å². The van der Waals surface area contributed by atoms with Crippen LogP contribution in [0.2, 0.25) is 0 Å². The molecule has 136 valence electrons. The fraction of sp³-hybridized carbons (Fsp3) is 0.286. The Labute approximate surface area is 158 Å². The summed E-state index contributed by atoms with van der Waals surface area (Å²) in [6.07, 6.45) is 3.59. The van der Waals surface area contributed by atoms with Gasteiger partial charge < -0.3 is 0 Å². The molecule has 6 nitrogen and oxygen atoms in total. The lowest BCUT2D eigenvalue weighted by Crippen LogP contribution is -2.34. The maximum absolute atomic E-state index is 13.2. The number of benzene rings is 1. The number of fused-ring (bicyclic) bond motifs is 1. The summed E-state index contributed by atoms with van der Waals surface area (Å²) in [5.74, 6) is 1.11. The van der Waals surface area contributed by atoms with Crippen LogP contribution in [0.5, 0.6) is 0 Å². The largest absolute Gasteiger partial charge is 0.273 e. The van der Waals surface area contributed by atoms with Crippen molar-refractivity contribution >= 4 is 17.5 Å². The van der Waals surface area contributed by atoms with E-state index in [1.807, 2.05) is 58.9 Å². The van der Waals surface area contributed by atoms with E-state index < -0.39 is 5.41 Å². The van der Waals surface area contributed by atoms with Gasteiger partial charge in [-0.15, -0.1) is 0 Å². The second-order valence-electron chi connectivity index (χ2n) is 7.47. The number of carbonyl (C=O) groups is 1. The average molecular weight is 359 g/mol. The first-order valence-corrected chi connectivity index (χ1v) is 8.88. The number of carbonyl (C=O) groups excluding carboxylic acids is 1. The van der Waals surface area contributed by atoms with E-state index in [1.54, 1.807) is 17.3 Å². The van der Waals surface area contributed by atoms with Gasteiger partial charge >= 0.3 is 0 Å². The third-order valence-corrected chi connectivity index (χ3v) is 4.93. The van der Waals surface area contributed by atoms with Crippen LogP contribution in [0.25, 0.3) is 11.1 Å². The molecular formula is C21H21N5O. The Morgan fingerprint density at radius 2 is 1.52 bits per heavy atom. The molecule has 0 atom stereocenters. The third kappa shape index (κ3) is 2.77. The van der Waals surface area contributed by atoms with Crippen LogP contribution in [0.15, 0.2) is 36.7 Å². The molecule has 0 fully saturated rings. The zero-order chi connectivity index (χ0) is 19.3. The highest BCUT2D eigenvalue weighted by molar-refractivity contribution is 6.12. The number of aryl methyl sites for hydroxylation is 3. The van der Waals surface area contributed by atoms with Gasteiger partial charge in [-0.05, 0) is 57.9 Å². The van der Waals surface area contributed by atoms with Crippen molar-refractivity contribution in [1.29, 1.82) is 0 Å². The van der Waals surface area contributed by atoms with Crippen LogP contribution in [0.1, 0.15) is 36.6 Å².